The van der Waals surface area contributed by atoms with E-state index >= 15 is 0 Å². The minimum absolute atomic E-state index is 0. The smallest absolute Gasteiger partial charge is 0.617 e. The molecule has 1 heterocycles. The second-order valence-corrected chi connectivity index (χ2v) is 0.935. The molecular weight excluding hydrogens is 364 g/mol. The van der Waals surface area contributed by atoms with Gasteiger partial charge in [0.2, 0.25) is 0 Å². The molecular formula is C3HN4ORb3. The summed E-state index contributed by atoms with van der Waals surface area (Å²) < 4.78 is 0. The van der Waals surface area contributed by atoms with Crippen LogP contribution in [0.5, 0.6) is 0 Å². The summed E-state index contributed by atoms with van der Waals surface area (Å²) in [7, 11) is 0. The van der Waals surface area contributed by atoms with Gasteiger partial charge in [-0.3, -0.25) is 12.7 Å². The van der Waals surface area contributed by atoms with Crippen molar-refractivity contribution in [3.05, 3.63) is 18.1 Å². The molecule has 0 unspecified atom stereocenters. The number of hydrogen-bond acceptors (Lipinski definition) is 4. The molecule has 0 fully saturated rings. The van der Waals surface area contributed by atoms with Crippen LogP contribution in [0, 0.1) is 12.7 Å². The molecule has 0 atom stereocenters. The van der Waals surface area contributed by atoms with E-state index in [4.69, 9.17) is 5.21 Å². The van der Waals surface area contributed by atoms with Crippen LogP contribution in [-0.4, -0.2) is 20.2 Å². The van der Waals surface area contributed by atoms with E-state index < -0.39 is 0 Å². The molecule has 1 rings (SSSR count). The van der Waals surface area contributed by atoms with E-state index in [1.54, 1.807) is 0 Å². The number of hydrogen-bond donors (Lipinski definition) is 1. The standard InChI is InChI=1S/C3HN4O.3Rb/c8-7-3-5-1-4-2-6-3;;;/h(H-,4,5,6,7,8);;;/q-3;3*+1. The minimum Gasteiger partial charge on any atom is -0.617 e. The second-order valence-electron chi connectivity index (χ2n) is 0.935. The maximum absolute atomic E-state index is 7.97. The van der Waals surface area contributed by atoms with Gasteiger partial charge in [-0.2, -0.15) is 5.95 Å². The number of nitrogens with zero attached hydrogens (tertiary/aromatic N) is 4. The van der Waals surface area contributed by atoms with Crippen molar-refractivity contribution in [1.29, 1.82) is 0 Å². The predicted molar refractivity (Wildman–Crippen MR) is 22.3 cm³/mol. The average Bonchev–Trinajstić information content (AvgIpc) is 1.90. The molecule has 0 amide bonds. The van der Waals surface area contributed by atoms with E-state index in [0.717, 1.165) is 0 Å². The zero-order valence-corrected chi connectivity index (χ0v) is 21.5. The van der Waals surface area contributed by atoms with Gasteiger partial charge in [-0.1, -0.05) is 0 Å². The Kier molecular flexibility index (Phi) is 26.5. The molecule has 8 heteroatoms. The number of rotatable bonds is 1. The van der Waals surface area contributed by atoms with E-state index in [1.807, 2.05) is 0 Å². The largest absolute Gasteiger partial charge is 1.00 e. The topological polar surface area (TPSA) is 73.0 Å². The van der Waals surface area contributed by atoms with Crippen molar-refractivity contribution in [3.63, 3.8) is 0 Å². The summed E-state index contributed by atoms with van der Waals surface area (Å²) in [5.74, 6) is -0.0833. The van der Waals surface area contributed by atoms with E-state index in [0.29, 0.717) is 0 Å². The summed E-state index contributed by atoms with van der Waals surface area (Å²) in [5.41, 5.74) is 2.65. The van der Waals surface area contributed by atoms with Crippen molar-refractivity contribution in [1.82, 2.24) is 15.0 Å². The van der Waals surface area contributed by atoms with E-state index in [9.17, 15) is 0 Å². The van der Waals surface area contributed by atoms with Crippen LogP contribution in [0.4, 0.5) is 5.95 Å². The third kappa shape index (κ3) is 10.5. The molecule has 1 N–H and O–H groups in total. The Balaban J connectivity index is -0.000000213. The van der Waals surface area contributed by atoms with Gasteiger partial charge in [-0.15, -0.1) is 0 Å². The van der Waals surface area contributed by atoms with Crippen LogP contribution in [0.2, 0.25) is 0 Å². The Hall–Kier alpha value is 4.19. The van der Waals surface area contributed by atoms with Crippen LogP contribution < -0.4 is 175 Å². The first kappa shape index (κ1) is 20.6. The van der Waals surface area contributed by atoms with Crippen molar-refractivity contribution in [2.75, 3.05) is 0 Å². The molecule has 5 nitrogen and oxygen atoms in total. The Bertz CT molecular complexity index is 162. The van der Waals surface area contributed by atoms with Crippen LogP contribution in [0.15, 0.2) is 0 Å². The Labute approximate surface area is 211 Å². The third-order valence-corrected chi connectivity index (χ3v) is 0.489. The Morgan fingerprint density at radius 1 is 1.09 bits per heavy atom. The molecule has 0 radical (unpaired) electrons. The summed E-state index contributed by atoms with van der Waals surface area (Å²) >= 11 is 0. The first-order valence-electron chi connectivity index (χ1n) is 1.77. The summed E-state index contributed by atoms with van der Waals surface area (Å²) in [4.78, 5) is 9.85. The second kappa shape index (κ2) is 14.2. The van der Waals surface area contributed by atoms with Gasteiger partial charge in [0.15, 0.2) is 0 Å². The van der Waals surface area contributed by atoms with Crippen molar-refractivity contribution >= 4 is 5.95 Å². The maximum Gasteiger partial charge on any atom is 1.00 e. The number of aromatic nitrogens is 3. The molecule has 0 aromatic carbocycles. The fourth-order valence-corrected chi connectivity index (χ4v) is 0.232. The molecule has 0 aliphatic heterocycles. The van der Waals surface area contributed by atoms with Crippen LogP contribution in [0.25, 0.3) is 5.48 Å². The van der Waals surface area contributed by atoms with Crippen molar-refractivity contribution in [3.8, 4) is 0 Å². The molecule has 0 aliphatic rings. The van der Waals surface area contributed by atoms with E-state index in [2.05, 4.69) is 33.1 Å². The van der Waals surface area contributed by atoms with Gasteiger partial charge >= 0.3 is 175 Å². The molecule has 0 bridgehead atoms. The van der Waals surface area contributed by atoms with Gasteiger partial charge in [-0.05, 0) is 0 Å². The van der Waals surface area contributed by atoms with Gasteiger partial charge in [0.1, 0.15) is 0 Å². The van der Waals surface area contributed by atoms with Crippen molar-refractivity contribution in [2.24, 2.45) is 0 Å². The summed E-state index contributed by atoms with van der Waals surface area (Å²) in [5, 5.41) is 7.97. The zero-order valence-electron chi connectivity index (χ0n) is 6.74. The van der Waals surface area contributed by atoms with Crippen molar-refractivity contribution < 1.29 is 180 Å². The van der Waals surface area contributed by atoms with Crippen molar-refractivity contribution in [2.45, 2.75) is 0 Å². The normalized spacial score (nSPS) is 6.27. The monoisotopic (exact) mass is 364 g/mol. The maximum atomic E-state index is 7.97. The van der Waals surface area contributed by atoms with E-state index in [1.165, 1.54) is 0 Å². The van der Waals surface area contributed by atoms with Crippen LogP contribution in [-0.2, 0) is 0 Å². The van der Waals surface area contributed by atoms with Crippen LogP contribution >= 0.6 is 0 Å². The van der Waals surface area contributed by atoms with Gasteiger partial charge in [-0.25, -0.2) is 0 Å². The summed E-state index contributed by atoms with van der Waals surface area (Å²) in [6, 6.07) is 0. The third-order valence-electron chi connectivity index (χ3n) is 0.489. The molecule has 42 valence electrons. The van der Waals surface area contributed by atoms with Gasteiger partial charge in [0, 0.05) is 0 Å². The quantitative estimate of drug-likeness (QED) is 0.396. The fourth-order valence-electron chi connectivity index (χ4n) is 0.232. The Morgan fingerprint density at radius 3 is 1.82 bits per heavy atom. The average molecular weight is 365 g/mol. The SMILES string of the molecule is O[N-]c1n[c-]n[c-]n1.[Rb+].[Rb+].[Rb+]. The van der Waals surface area contributed by atoms with Crippen LogP contribution in [0.3, 0.4) is 0 Å². The molecule has 0 saturated carbocycles. The van der Waals surface area contributed by atoms with Gasteiger partial charge < -0.3 is 25.6 Å². The van der Waals surface area contributed by atoms with Gasteiger partial charge in [0.25, 0.3) is 0 Å². The minimum atomic E-state index is -0.0833. The zero-order chi connectivity index (χ0) is 5.82. The first-order chi connectivity index (χ1) is 3.93. The fraction of sp³-hybridized carbons (Fsp3) is 0. The first-order valence-corrected chi connectivity index (χ1v) is 1.77. The summed E-state index contributed by atoms with van der Waals surface area (Å²) in [6.07, 6.45) is 4.28. The van der Waals surface area contributed by atoms with Gasteiger partial charge in [0.05, 0.1) is 0 Å². The molecule has 0 aliphatic carbocycles. The molecule has 1 aromatic rings. The van der Waals surface area contributed by atoms with E-state index in [-0.39, 0.29) is 181 Å². The molecule has 0 spiro atoms. The molecule has 0 saturated heterocycles. The summed E-state index contributed by atoms with van der Waals surface area (Å²) in [6.45, 7) is 0. The Morgan fingerprint density at radius 2 is 1.55 bits per heavy atom. The molecule has 1 aromatic heterocycles. The van der Waals surface area contributed by atoms with Crippen LogP contribution in [0.1, 0.15) is 0 Å². The molecule has 11 heavy (non-hydrogen) atoms. The predicted octanol–water partition coefficient (Wildman–Crippen LogP) is -9.12.